The van der Waals surface area contributed by atoms with Crippen molar-refractivity contribution >= 4 is 41.2 Å². The van der Waals surface area contributed by atoms with Gasteiger partial charge in [-0.15, -0.1) is 0 Å². The van der Waals surface area contributed by atoms with E-state index in [9.17, 15) is 4.79 Å². The largest absolute Gasteiger partial charge is 0.497 e. The van der Waals surface area contributed by atoms with Crippen LogP contribution in [-0.2, 0) is 14.0 Å². The van der Waals surface area contributed by atoms with Crippen molar-refractivity contribution in [2.24, 2.45) is 0 Å². The first-order valence-corrected chi connectivity index (χ1v) is 8.95. The predicted molar refractivity (Wildman–Crippen MR) is 102 cm³/mol. The summed E-state index contributed by atoms with van der Waals surface area (Å²) in [4.78, 5) is 16.8. The Balaban J connectivity index is 2.11. The van der Waals surface area contributed by atoms with Gasteiger partial charge in [0, 0.05) is 23.2 Å². The molecule has 0 saturated carbocycles. The molecule has 1 fully saturated rings. The van der Waals surface area contributed by atoms with Gasteiger partial charge < -0.3 is 14.0 Å². The molecule has 2 aromatic heterocycles. The van der Waals surface area contributed by atoms with Crippen LogP contribution in [0.1, 0.15) is 48.5 Å². The zero-order chi connectivity index (χ0) is 19.5. The predicted octanol–water partition coefficient (Wildman–Crippen LogP) is 3.77. The molecule has 0 N–H and O–H groups in total. The third-order valence-electron chi connectivity index (χ3n) is 4.80. The van der Waals surface area contributed by atoms with Crippen LogP contribution in [0.4, 0.5) is 4.79 Å². The van der Waals surface area contributed by atoms with Gasteiger partial charge in [0.25, 0.3) is 0 Å². The molecular formula is C18H24BClN2O4. The molecule has 2 aromatic rings. The molecule has 0 atom stereocenters. The molecule has 0 aliphatic carbocycles. The van der Waals surface area contributed by atoms with Crippen LogP contribution < -0.4 is 5.46 Å². The maximum Gasteiger partial charge on any atom is 0.497 e. The van der Waals surface area contributed by atoms with E-state index in [4.69, 9.17) is 25.6 Å². The van der Waals surface area contributed by atoms with E-state index in [1.54, 1.807) is 18.5 Å². The Morgan fingerprint density at radius 1 is 1.23 bits per heavy atom. The number of rotatable bonds is 1. The molecule has 0 bridgehead atoms. The molecular weight excluding hydrogens is 354 g/mol. The van der Waals surface area contributed by atoms with E-state index >= 15 is 0 Å². The van der Waals surface area contributed by atoms with Crippen LogP contribution in [0.5, 0.6) is 0 Å². The van der Waals surface area contributed by atoms with Crippen molar-refractivity contribution in [3.8, 4) is 0 Å². The second-order valence-corrected chi connectivity index (χ2v) is 8.88. The normalized spacial score (nSPS) is 19.2. The van der Waals surface area contributed by atoms with Crippen LogP contribution in [0.3, 0.4) is 0 Å². The van der Waals surface area contributed by atoms with E-state index in [0.29, 0.717) is 11.0 Å². The van der Waals surface area contributed by atoms with Crippen LogP contribution in [0.2, 0.25) is 5.15 Å². The van der Waals surface area contributed by atoms with E-state index in [-0.39, 0.29) is 5.15 Å². The lowest BCUT2D eigenvalue weighted by atomic mass is 9.79. The molecule has 3 rings (SSSR count). The number of carbonyl (C=O) groups is 1. The van der Waals surface area contributed by atoms with Gasteiger partial charge in [0.1, 0.15) is 5.60 Å². The summed E-state index contributed by atoms with van der Waals surface area (Å²) in [5.41, 5.74) is -0.418. The van der Waals surface area contributed by atoms with Gasteiger partial charge in [-0.1, -0.05) is 11.6 Å². The number of pyridine rings is 1. The monoisotopic (exact) mass is 378 g/mol. The summed E-state index contributed by atoms with van der Waals surface area (Å²) in [5, 5.41) is 0.963. The molecule has 0 radical (unpaired) electrons. The second kappa shape index (κ2) is 5.97. The highest BCUT2D eigenvalue weighted by Crippen LogP contribution is 2.37. The van der Waals surface area contributed by atoms with Crippen molar-refractivity contribution in [2.75, 3.05) is 0 Å². The van der Waals surface area contributed by atoms with Gasteiger partial charge in [0.2, 0.25) is 0 Å². The van der Waals surface area contributed by atoms with Gasteiger partial charge in [-0.3, -0.25) is 0 Å². The summed E-state index contributed by atoms with van der Waals surface area (Å²) in [7, 11) is -0.621. The van der Waals surface area contributed by atoms with E-state index in [1.807, 2.05) is 48.5 Å². The van der Waals surface area contributed by atoms with Crippen LogP contribution in [0.25, 0.3) is 10.9 Å². The number of nitrogens with zero attached hydrogens (tertiary/aromatic N) is 2. The lowest BCUT2D eigenvalue weighted by Crippen LogP contribution is -2.41. The van der Waals surface area contributed by atoms with Crippen molar-refractivity contribution in [2.45, 2.75) is 65.3 Å². The molecule has 1 aliphatic rings. The zero-order valence-corrected chi connectivity index (χ0v) is 17.0. The van der Waals surface area contributed by atoms with Crippen molar-refractivity contribution in [1.29, 1.82) is 0 Å². The summed E-state index contributed by atoms with van der Waals surface area (Å²) < 4.78 is 19.2. The van der Waals surface area contributed by atoms with Gasteiger partial charge in [-0.05, 0) is 54.5 Å². The average Bonchev–Trinajstić information content (AvgIpc) is 2.94. The first kappa shape index (κ1) is 19.2. The zero-order valence-electron chi connectivity index (χ0n) is 16.2. The number of hydrogen-bond acceptors (Lipinski definition) is 5. The fourth-order valence-electron chi connectivity index (χ4n) is 2.78. The minimum atomic E-state index is -0.632. The number of ether oxygens (including phenoxy) is 1. The summed E-state index contributed by atoms with van der Waals surface area (Å²) in [6, 6.07) is 1.79. The smallest absolute Gasteiger partial charge is 0.443 e. The van der Waals surface area contributed by atoms with E-state index < -0.39 is 30.0 Å². The SMILES string of the molecule is CC(C)(C)OC(=O)n1cc(B2OC(C)(C)C(C)(C)O2)c2ccnc(Cl)c21. The Labute approximate surface area is 158 Å². The number of hydrogen-bond donors (Lipinski definition) is 0. The molecule has 6 nitrogen and oxygen atoms in total. The van der Waals surface area contributed by atoms with Gasteiger partial charge >= 0.3 is 13.2 Å². The van der Waals surface area contributed by atoms with E-state index in [1.165, 1.54) is 4.57 Å². The third kappa shape index (κ3) is 3.24. The second-order valence-electron chi connectivity index (χ2n) is 8.52. The Bertz CT molecular complexity index is 854. The first-order chi connectivity index (χ1) is 11.8. The summed E-state index contributed by atoms with van der Waals surface area (Å²) in [6.07, 6.45) is 2.73. The molecule has 8 heteroatoms. The lowest BCUT2D eigenvalue weighted by Gasteiger charge is -2.32. The van der Waals surface area contributed by atoms with Crippen molar-refractivity contribution in [1.82, 2.24) is 9.55 Å². The molecule has 0 spiro atoms. The Kier molecular flexibility index (Phi) is 4.41. The van der Waals surface area contributed by atoms with E-state index in [0.717, 1.165) is 5.39 Å². The molecule has 1 saturated heterocycles. The number of aromatic nitrogens is 2. The first-order valence-electron chi connectivity index (χ1n) is 8.57. The van der Waals surface area contributed by atoms with Crippen molar-refractivity contribution < 1.29 is 18.8 Å². The number of carbonyl (C=O) groups excluding carboxylic acids is 1. The van der Waals surface area contributed by atoms with Crippen LogP contribution in [0.15, 0.2) is 18.5 Å². The lowest BCUT2D eigenvalue weighted by molar-refractivity contribution is 0.00578. The van der Waals surface area contributed by atoms with Gasteiger partial charge in [0.05, 0.1) is 16.7 Å². The topological polar surface area (TPSA) is 62.6 Å². The summed E-state index contributed by atoms with van der Waals surface area (Å²) >= 11 is 6.29. The van der Waals surface area contributed by atoms with Gasteiger partial charge in [-0.2, -0.15) is 0 Å². The molecule has 140 valence electrons. The fourth-order valence-corrected chi connectivity index (χ4v) is 3.03. The highest BCUT2D eigenvalue weighted by molar-refractivity contribution is 6.65. The molecule has 0 amide bonds. The maximum atomic E-state index is 12.7. The molecule has 26 heavy (non-hydrogen) atoms. The number of halogens is 1. The van der Waals surface area contributed by atoms with Gasteiger partial charge in [0.15, 0.2) is 5.15 Å². The quantitative estimate of drug-likeness (QED) is 0.558. The summed E-state index contributed by atoms with van der Waals surface area (Å²) in [5.74, 6) is 0. The Morgan fingerprint density at radius 3 is 2.35 bits per heavy atom. The van der Waals surface area contributed by atoms with Crippen LogP contribution in [0, 0.1) is 0 Å². The third-order valence-corrected chi connectivity index (χ3v) is 5.07. The average molecular weight is 379 g/mol. The van der Waals surface area contributed by atoms with Crippen LogP contribution in [-0.4, -0.2) is 39.6 Å². The highest BCUT2D eigenvalue weighted by Gasteiger charge is 2.52. The molecule has 3 heterocycles. The minimum absolute atomic E-state index is 0.219. The van der Waals surface area contributed by atoms with Crippen molar-refractivity contribution in [3.05, 3.63) is 23.6 Å². The molecule has 0 aromatic carbocycles. The van der Waals surface area contributed by atoms with Gasteiger partial charge in [-0.25, -0.2) is 14.3 Å². The van der Waals surface area contributed by atoms with Crippen LogP contribution >= 0.6 is 11.6 Å². The maximum absolute atomic E-state index is 12.7. The Hall–Kier alpha value is -1.57. The highest BCUT2D eigenvalue weighted by atomic mass is 35.5. The molecule has 1 aliphatic heterocycles. The van der Waals surface area contributed by atoms with Crippen molar-refractivity contribution in [3.63, 3.8) is 0 Å². The Morgan fingerprint density at radius 2 is 1.81 bits per heavy atom. The number of fused-ring (bicyclic) bond motifs is 1. The molecule has 0 unspecified atom stereocenters. The van der Waals surface area contributed by atoms with E-state index in [2.05, 4.69) is 4.98 Å². The summed E-state index contributed by atoms with van der Waals surface area (Å²) in [6.45, 7) is 13.4. The standard InChI is InChI=1S/C18H24BClN2O4/c1-16(2,3)24-15(23)22-10-12(11-8-9-21-14(20)13(11)22)19-25-17(4,5)18(6,7)26-19/h8-10H,1-7H3. The fraction of sp³-hybridized carbons (Fsp3) is 0.556. The minimum Gasteiger partial charge on any atom is -0.443 e.